The van der Waals surface area contributed by atoms with Gasteiger partial charge in [0.1, 0.15) is 0 Å². The van der Waals surface area contributed by atoms with Gasteiger partial charge in [-0.1, -0.05) is 269 Å². The fraction of sp³-hybridized carbons (Fsp3) is 0.344. The number of benzene rings is 9. The van der Waals surface area contributed by atoms with E-state index in [-0.39, 0.29) is 43.3 Å². The van der Waals surface area contributed by atoms with Gasteiger partial charge in [-0.25, -0.2) is 24.9 Å². The van der Waals surface area contributed by atoms with Crippen molar-refractivity contribution in [3.8, 4) is 96.0 Å². The van der Waals surface area contributed by atoms with Crippen molar-refractivity contribution < 1.29 is 0 Å². The summed E-state index contributed by atoms with van der Waals surface area (Å²) in [7, 11) is 0. The molecule has 99 heavy (non-hydrogen) atoms. The molecule has 0 spiro atoms. The van der Waals surface area contributed by atoms with Crippen molar-refractivity contribution in [3.63, 3.8) is 0 Å². The molecule has 0 bridgehead atoms. The van der Waals surface area contributed by atoms with Crippen LogP contribution >= 0.6 is 0 Å². The van der Waals surface area contributed by atoms with Crippen LogP contribution in [0.4, 0.5) is 0 Å². The van der Waals surface area contributed by atoms with Gasteiger partial charge in [0, 0.05) is 44.2 Å². The largest absolute Gasteiger partial charge is 0.308 e. The Morgan fingerprint density at radius 1 is 0.212 bits per heavy atom. The first-order valence-electron chi connectivity index (χ1n) is 35.7. The first kappa shape index (κ1) is 69.8. The predicted octanol–water partition coefficient (Wildman–Crippen LogP) is 25.5. The zero-order valence-electron chi connectivity index (χ0n) is 63.7. The van der Waals surface area contributed by atoms with E-state index in [1.807, 2.05) is 0 Å². The predicted molar refractivity (Wildman–Crippen MR) is 423 cm³/mol. The van der Waals surface area contributed by atoms with Gasteiger partial charge in [-0.3, -0.25) is 0 Å². The lowest BCUT2D eigenvalue weighted by Gasteiger charge is -2.27. The van der Waals surface area contributed by atoms with Crippen molar-refractivity contribution in [3.05, 3.63) is 239 Å². The van der Waals surface area contributed by atoms with E-state index < -0.39 is 0 Å². The van der Waals surface area contributed by atoms with Gasteiger partial charge in [0.2, 0.25) is 0 Å². The average molecular weight is 1310 g/mol. The van der Waals surface area contributed by atoms with Crippen LogP contribution in [0.25, 0.3) is 118 Å². The molecular weight excluding hydrogens is 1200 g/mol. The maximum absolute atomic E-state index is 5.85. The molecule has 0 atom stereocenters. The molecule has 0 aliphatic rings. The van der Waals surface area contributed by atoms with E-state index in [0.717, 1.165) is 94.5 Å². The molecule has 3 heterocycles. The molecule has 0 fully saturated rings. The van der Waals surface area contributed by atoms with Crippen LogP contribution in [0.2, 0.25) is 0 Å². The third-order valence-corrected chi connectivity index (χ3v) is 19.8. The summed E-state index contributed by atoms with van der Waals surface area (Å²) in [6, 6.07) is 72.5. The molecule has 12 rings (SSSR count). The van der Waals surface area contributed by atoms with Crippen LogP contribution in [0.1, 0.15) is 211 Å². The number of hydrogen-bond acceptors (Lipinski definition) is 5. The van der Waals surface area contributed by atoms with Crippen LogP contribution in [-0.4, -0.2) is 29.5 Å². The van der Waals surface area contributed by atoms with Gasteiger partial charge in [-0.15, -0.1) is 0 Å². The second kappa shape index (κ2) is 24.9. The Hall–Kier alpha value is -9.13. The van der Waals surface area contributed by atoms with E-state index in [2.05, 4.69) is 365 Å². The van der Waals surface area contributed by atoms with E-state index in [1.165, 1.54) is 44.5 Å². The summed E-state index contributed by atoms with van der Waals surface area (Å²) in [5.41, 5.74) is 23.6. The molecule has 6 nitrogen and oxygen atoms in total. The fourth-order valence-corrected chi connectivity index (χ4v) is 13.1. The van der Waals surface area contributed by atoms with Gasteiger partial charge in [-0.2, -0.15) is 0 Å². The normalized spacial score (nSPS) is 13.1. The van der Waals surface area contributed by atoms with Gasteiger partial charge in [0.25, 0.3) is 0 Å². The number of nitrogens with zero attached hydrogens (tertiary/aromatic N) is 6. The zero-order chi connectivity index (χ0) is 71.5. The molecule has 0 unspecified atom stereocenters. The molecule has 506 valence electrons. The van der Waals surface area contributed by atoms with Crippen LogP contribution in [0.15, 0.2) is 194 Å². The average Bonchev–Trinajstić information content (AvgIpc) is 1.61. The van der Waals surface area contributed by atoms with Crippen molar-refractivity contribution in [2.24, 2.45) is 0 Å². The van der Waals surface area contributed by atoms with Crippen molar-refractivity contribution in [1.82, 2.24) is 29.5 Å². The number of fused-ring (bicyclic) bond motifs is 3. The lowest BCUT2D eigenvalue weighted by Crippen LogP contribution is -2.17. The molecule has 9 aromatic carbocycles. The first-order chi connectivity index (χ1) is 46.0. The quantitative estimate of drug-likeness (QED) is 0.144. The monoisotopic (exact) mass is 1300 g/mol. The molecule has 0 aliphatic heterocycles. The fourth-order valence-electron chi connectivity index (χ4n) is 13.1. The Balaban J connectivity index is 1.24. The number of aromatic nitrogens is 6. The van der Waals surface area contributed by atoms with Gasteiger partial charge in [-0.05, 0) is 201 Å². The maximum Gasteiger partial charge on any atom is 0.166 e. The molecule has 0 saturated heterocycles. The molecule has 0 radical (unpaired) electrons. The van der Waals surface area contributed by atoms with Crippen LogP contribution in [0.5, 0.6) is 0 Å². The minimum atomic E-state index is -0.170. The number of rotatable bonds is 9. The van der Waals surface area contributed by atoms with Crippen molar-refractivity contribution >= 4 is 21.8 Å². The second-order valence-electron chi connectivity index (χ2n) is 36.2. The topological polar surface area (TPSA) is 69.4 Å². The Labute approximate surface area is 592 Å². The molecule has 6 heteroatoms. The van der Waals surface area contributed by atoms with Crippen LogP contribution in [0, 0.1) is 0 Å². The zero-order valence-corrected chi connectivity index (χ0v) is 63.7. The van der Waals surface area contributed by atoms with E-state index in [9.17, 15) is 0 Å². The number of hydrogen-bond donors (Lipinski definition) is 0. The summed E-state index contributed by atoms with van der Waals surface area (Å²) in [6.45, 7) is 55.2. The summed E-state index contributed by atoms with van der Waals surface area (Å²) in [5.74, 6) is 2.44. The molecule has 12 aromatic rings. The SMILES string of the molecule is CC(C)(C)c1cc(-c2cc(-c3ccc(-n4c5ccc(-c6ccccc6)cc5c5cc(-c6ccccc6)ccc54)c(-c4nc(-c5cc(C(C)(C)C)cc(C(C)(C)C)c5)nc(-c5cc(C(C)(C)C)cc(C(C)(C)C)c5)n4)c3)nc(-c3cc(C(C)(C)C)cc(C(C)(C)C)c3)n2)cc(C(C)(C)C)c1. The molecule has 3 aromatic heterocycles. The highest BCUT2D eigenvalue weighted by Crippen LogP contribution is 2.45. The smallest absolute Gasteiger partial charge is 0.166 e. The Morgan fingerprint density at radius 2 is 0.495 bits per heavy atom. The minimum Gasteiger partial charge on any atom is -0.308 e. The minimum absolute atomic E-state index is 0.131. The van der Waals surface area contributed by atoms with Crippen LogP contribution < -0.4 is 0 Å². The van der Waals surface area contributed by atoms with E-state index in [4.69, 9.17) is 24.9 Å². The lowest BCUT2D eigenvalue weighted by atomic mass is 9.79. The summed E-state index contributed by atoms with van der Waals surface area (Å²) in [6.07, 6.45) is 0. The standard InChI is InChI=1S/C93H104N6/c1-86(2,3)66-41-62(42-67(52-66)87(4,5)6)78-56-77(94-82(95-78)63-43-68(88(7,8)9)53-69(44-63)89(10,11)12)61-37-40-81(99-79-38-35-59(57-31-27-25-28-32-57)49-74(79)75-50-60(36-39-80(75)99)58-33-29-26-30-34-58)76(51-61)85-97-83(64-45-70(90(13,14)15)54-71(46-64)91(16,17)18)96-84(98-85)65-47-72(92(19,20)21)55-73(48-65)93(22,23)24/h25-56H,1-24H3. The molecule has 0 aliphatic carbocycles. The van der Waals surface area contributed by atoms with Crippen molar-refractivity contribution in [2.45, 2.75) is 209 Å². The van der Waals surface area contributed by atoms with E-state index >= 15 is 0 Å². The highest BCUT2D eigenvalue weighted by Gasteiger charge is 2.30. The molecule has 0 N–H and O–H groups in total. The highest BCUT2D eigenvalue weighted by molar-refractivity contribution is 6.12. The van der Waals surface area contributed by atoms with E-state index in [0.29, 0.717) is 23.3 Å². The van der Waals surface area contributed by atoms with Gasteiger partial charge >= 0.3 is 0 Å². The maximum atomic E-state index is 5.85. The van der Waals surface area contributed by atoms with Crippen molar-refractivity contribution in [1.29, 1.82) is 0 Å². The summed E-state index contributed by atoms with van der Waals surface area (Å²) in [5, 5.41) is 2.28. The van der Waals surface area contributed by atoms with Crippen molar-refractivity contribution in [2.75, 3.05) is 0 Å². The summed E-state index contributed by atoms with van der Waals surface area (Å²) >= 11 is 0. The Morgan fingerprint density at radius 3 is 0.818 bits per heavy atom. The molecule has 0 saturated carbocycles. The Bertz CT molecular complexity index is 4650. The lowest BCUT2D eigenvalue weighted by molar-refractivity contribution is 0.568. The van der Waals surface area contributed by atoms with Crippen LogP contribution in [-0.2, 0) is 43.3 Å². The third kappa shape index (κ3) is 14.7. The highest BCUT2D eigenvalue weighted by atomic mass is 15.1. The van der Waals surface area contributed by atoms with Gasteiger partial charge in [0.15, 0.2) is 23.3 Å². The molecule has 0 amide bonds. The van der Waals surface area contributed by atoms with Crippen LogP contribution in [0.3, 0.4) is 0 Å². The Kier molecular flexibility index (Phi) is 17.6. The third-order valence-electron chi connectivity index (χ3n) is 19.8. The summed E-state index contributed by atoms with van der Waals surface area (Å²) < 4.78 is 2.45. The second-order valence-corrected chi connectivity index (χ2v) is 36.2. The summed E-state index contributed by atoms with van der Waals surface area (Å²) in [4.78, 5) is 28.9. The first-order valence-corrected chi connectivity index (χ1v) is 35.7. The molecular formula is C93H104N6. The van der Waals surface area contributed by atoms with E-state index in [1.54, 1.807) is 0 Å². The van der Waals surface area contributed by atoms with Gasteiger partial charge in [0.05, 0.1) is 28.1 Å². The van der Waals surface area contributed by atoms with Gasteiger partial charge < -0.3 is 4.57 Å².